The fraction of sp³-hybridized carbons (Fsp3) is 0.357. The van der Waals surface area contributed by atoms with Gasteiger partial charge in [-0.15, -0.1) is 0 Å². The van der Waals surface area contributed by atoms with Gasteiger partial charge >= 0.3 is 0 Å². The minimum atomic E-state index is 0.753. The van der Waals surface area contributed by atoms with E-state index in [2.05, 4.69) is 35.1 Å². The third-order valence-electron chi connectivity index (χ3n) is 2.91. The molecule has 0 bridgehead atoms. The summed E-state index contributed by atoms with van der Waals surface area (Å²) < 4.78 is 5.02. The van der Waals surface area contributed by atoms with Crippen LogP contribution in [0.5, 0.6) is 0 Å². The Bertz CT molecular complexity index is 446. The van der Waals surface area contributed by atoms with E-state index in [4.69, 9.17) is 4.42 Å². The molecule has 0 radical (unpaired) electrons. The summed E-state index contributed by atoms with van der Waals surface area (Å²) in [6.45, 7) is 6.98. The van der Waals surface area contributed by atoms with Gasteiger partial charge < -0.3 is 14.6 Å². The number of hydrogen-bond acceptors (Lipinski definition) is 4. The van der Waals surface area contributed by atoms with Crippen LogP contribution >= 0.6 is 0 Å². The van der Waals surface area contributed by atoms with Crippen LogP contribution in [0.3, 0.4) is 0 Å². The molecule has 96 valence electrons. The first-order chi connectivity index (χ1) is 8.83. The van der Waals surface area contributed by atoms with Crippen molar-refractivity contribution in [2.75, 3.05) is 23.3 Å². The summed E-state index contributed by atoms with van der Waals surface area (Å²) >= 11 is 0. The molecule has 2 rings (SSSR count). The van der Waals surface area contributed by atoms with E-state index in [0.717, 1.165) is 36.7 Å². The Kier molecular flexibility index (Phi) is 4.23. The van der Waals surface area contributed by atoms with Crippen molar-refractivity contribution in [2.45, 2.75) is 20.4 Å². The Morgan fingerprint density at radius 2 is 2.06 bits per heavy atom. The van der Waals surface area contributed by atoms with Crippen molar-refractivity contribution < 1.29 is 4.42 Å². The molecule has 1 N–H and O–H groups in total. The number of rotatable bonds is 6. The van der Waals surface area contributed by atoms with Crippen LogP contribution in [0.4, 0.5) is 11.5 Å². The van der Waals surface area contributed by atoms with E-state index in [1.165, 1.54) is 0 Å². The van der Waals surface area contributed by atoms with E-state index in [9.17, 15) is 0 Å². The standard InChI is InChI=1S/C14H19N3O/c1-3-17(4-2)14-6-5-13(10-16-14)15-9-12-7-8-18-11-12/h5-8,10-11,15H,3-4,9H2,1-2H3. The van der Waals surface area contributed by atoms with E-state index in [1.54, 1.807) is 12.5 Å². The molecule has 4 heteroatoms. The predicted molar refractivity (Wildman–Crippen MR) is 73.8 cm³/mol. The monoisotopic (exact) mass is 245 g/mol. The highest BCUT2D eigenvalue weighted by molar-refractivity contribution is 5.48. The smallest absolute Gasteiger partial charge is 0.128 e. The third-order valence-corrected chi connectivity index (χ3v) is 2.91. The second-order valence-electron chi connectivity index (χ2n) is 4.06. The molecule has 0 amide bonds. The molecule has 4 nitrogen and oxygen atoms in total. The van der Waals surface area contributed by atoms with Gasteiger partial charge in [-0.25, -0.2) is 4.98 Å². The van der Waals surface area contributed by atoms with Crippen LogP contribution in [0.2, 0.25) is 0 Å². The molecule has 0 aliphatic heterocycles. The summed E-state index contributed by atoms with van der Waals surface area (Å²) in [5.41, 5.74) is 2.15. The molecular formula is C14H19N3O. The largest absolute Gasteiger partial charge is 0.472 e. The maximum Gasteiger partial charge on any atom is 0.128 e. The van der Waals surface area contributed by atoms with Crippen LogP contribution in [0.1, 0.15) is 19.4 Å². The Hall–Kier alpha value is -1.97. The van der Waals surface area contributed by atoms with Gasteiger partial charge in [-0.05, 0) is 32.0 Å². The number of aromatic nitrogens is 1. The Balaban J connectivity index is 1.95. The molecule has 0 unspecified atom stereocenters. The zero-order chi connectivity index (χ0) is 12.8. The first kappa shape index (κ1) is 12.5. The van der Waals surface area contributed by atoms with E-state index in [0.29, 0.717) is 0 Å². The van der Waals surface area contributed by atoms with Crippen LogP contribution < -0.4 is 10.2 Å². The number of furan rings is 1. The molecule has 0 aromatic carbocycles. The van der Waals surface area contributed by atoms with Crippen LogP contribution in [0, 0.1) is 0 Å². The van der Waals surface area contributed by atoms with E-state index >= 15 is 0 Å². The van der Waals surface area contributed by atoms with Crippen molar-refractivity contribution in [1.82, 2.24) is 4.98 Å². The molecule has 2 heterocycles. The fourth-order valence-corrected chi connectivity index (χ4v) is 1.82. The molecule has 0 saturated carbocycles. The summed E-state index contributed by atoms with van der Waals surface area (Å²) in [7, 11) is 0. The molecule has 0 aliphatic carbocycles. The van der Waals surface area contributed by atoms with Crippen molar-refractivity contribution in [3.05, 3.63) is 42.5 Å². The molecule has 0 atom stereocenters. The van der Waals surface area contributed by atoms with Crippen LogP contribution in [0.15, 0.2) is 41.3 Å². The Morgan fingerprint density at radius 1 is 1.22 bits per heavy atom. The van der Waals surface area contributed by atoms with Crippen LogP contribution in [-0.4, -0.2) is 18.1 Å². The van der Waals surface area contributed by atoms with Crippen LogP contribution in [0.25, 0.3) is 0 Å². The molecule has 18 heavy (non-hydrogen) atoms. The maximum atomic E-state index is 5.02. The minimum absolute atomic E-state index is 0.753. The SMILES string of the molecule is CCN(CC)c1ccc(NCc2ccoc2)cn1. The summed E-state index contributed by atoms with van der Waals surface area (Å²) in [4.78, 5) is 6.68. The average molecular weight is 245 g/mol. The second kappa shape index (κ2) is 6.10. The quantitative estimate of drug-likeness (QED) is 0.849. The summed E-state index contributed by atoms with van der Waals surface area (Å²) in [6, 6.07) is 6.05. The molecule has 0 saturated heterocycles. The number of hydrogen-bond donors (Lipinski definition) is 1. The number of anilines is 2. The predicted octanol–water partition coefficient (Wildman–Crippen LogP) is 3.13. The normalized spacial score (nSPS) is 10.3. The van der Waals surface area contributed by atoms with Gasteiger partial charge in [0.25, 0.3) is 0 Å². The number of nitrogens with zero attached hydrogens (tertiary/aromatic N) is 2. The summed E-state index contributed by atoms with van der Waals surface area (Å²) in [5.74, 6) is 1.02. The highest BCUT2D eigenvalue weighted by Gasteiger charge is 2.02. The lowest BCUT2D eigenvalue weighted by Gasteiger charge is -2.19. The fourth-order valence-electron chi connectivity index (χ4n) is 1.82. The van der Waals surface area contributed by atoms with Gasteiger partial charge in [0.05, 0.1) is 24.4 Å². The first-order valence-electron chi connectivity index (χ1n) is 6.29. The van der Waals surface area contributed by atoms with Gasteiger partial charge in [0.2, 0.25) is 0 Å². The third kappa shape index (κ3) is 3.03. The first-order valence-corrected chi connectivity index (χ1v) is 6.29. The van der Waals surface area contributed by atoms with Crippen molar-refractivity contribution in [3.8, 4) is 0 Å². The lowest BCUT2D eigenvalue weighted by atomic mass is 10.3. The zero-order valence-corrected chi connectivity index (χ0v) is 10.9. The molecule has 0 aliphatic rings. The van der Waals surface area contributed by atoms with Gasteiger partial charge in [0.15, 0.2) is 0 Å². The summed E-state index contributed by atoms with van der Waals surface area (Å²) in [6.07, 6.45) is 5.29. The lowest BCUT2D eigenvalue weighted by Crippen LogP contribution is -2.22. The number of nitrogens with one attached hydrogen (secondary N) is 1. The van der Waals surface area contributed by atoms with Gasteiger partial charge in [-0.1, -0.05) is 0 Å². The minimum Gasteiger partial charge on any atom is -0.472 e. The Labute approximate surface area is 108 Å². The van der Waals surface area contributed by atoms with E-state index < -0.39 is 0 Å². The van der Waals surface area contributed by atoms with Gasteiger partial charge in [-0.3, -0.25) is 0 Å². The summed E-state index contributed by atoms with van der Waals surface area (Å²) in [5, 5.41) is 3.31. The van der Waals surface area contributed by atoms with Crippen molar-refractivity contribution in [1.29, 1.82) is 0 Å². The van der Waals surface area contributed by atoms with Crippen LogP contribution in [-0.2, 0) is 6.54 Å². The van der Waals surface area contributed by atoms with Gasteiger partial charge in [0, 0.05) is 25.2 Å². The highest BCUT2D eigenvalue weighted by atomic mass is 16.3. The van der Waals surface area contributed by atoms with E-state index in [-0.39, 0.29) is 0 Å². The van der Waals surface area contributed by atoms with Crippen molar-refractivity contribution >= 4 is 11.5 Å². The average Bonchev–Trinajstić information content (AvgIpc) is 2.92. The molecule has 0 fully saturated rings. The Morgan fingerprint density at radius 3 is 2.61 bits per heavy atom. The maximum absolute atomic E-state index is 5.02. The number of pyridine rings is 1. The molecule has 0 spiro atoms. The molecular weight excluding hydrogens is 226 g/mol. The zero-order valence-electron chi connectivity index (χ0n) is 10.9. The second-order valence-corrected chi connectivity index (χ2v) is 4.06. The molecule has 2 aromatic rings. The highest BCUT2D eigenvalue weighted by Crippen LogP contribution is 2.14. The van der Waals surface area contributed by atoms with Crippen molar-refractivity contribution in [2.24, 2.45) is 0 Å². The van der Waals surface area contributed by atoms with Gasteiger partial charge in [0.1, 0.15) is 5.82 Å². The lowest BCUT2D eigenvalue weighted by molar-refractivity contribution is 0.564. The van der Waals surface area contributed by atoms with Gasteiger partial charge in [-0.2, -0.15) is 0 Å². The van der Waals surface area contributed by atoms with Crippen molar-refractivity contribution in [3.63, 3.8) is 0 Å². The topological polar surface area (TPSA) is 41.3 Å². The molecule has 2 aromatic heterocycles. The van der Waals surface area contributed by atoms with E-state index in [1.807, 2.05) is 18.3 Å².